The topological polar surface area (TPSA) is 12.5 Å². The van der Waals surface area contributed by atoms with Crippen LogP contribution in [0.2, 0.25) is 0 Å². The predicted octanol–water partition coefficient (Wildman–Crippen LogP) is 2.52. The van der Waals surface area contributed by atoms with Gasteiger partial charge in [0, 0.05) is 0 Å². The fraction of sp³-hybridized carbons (Fsp3) is 0.800. The van der Waals surface area contributed by atoms with Crippen LogP contribution in [0.15, 0.2) is 12.2 Å². The lowest BCUT2D eigenvalue weighted by molar-refractivity contribution is 0.303. The van der Waals surface area contributed by atoms with E-state index in [0.29, 0.717) is 6.10 Å². The van der Waals surface area contributed by atoms with Crippen LogP contribution in [0.5, 0.6) is 0 Å². The molecule has 0 spiro atoms. The SMILES string of the molecule is C=C(C)[C@H]1CC[C@@]2(C)O[C@@H]2C1. The molecule has 11 heavy (non-hydrogen) atoms. The Morgan fingerprint density at radius 2 is 2.36 bits per heavy atom. The smallest absolute Gasteiger partial charge is 0.0920 e. The van der Waals surface area contributed by atoms with Gasteiger partial charge in [0.2, 0.25) is 0 Å². The molecule has 0 N–H and O–H groups in total. The van der Waals surface area contributed by atoms with Crippen LogP contribution in [-0.4, -0.2) is 11.7 Å². The zero-order valence-electron chi connectivity index (χ0n) is 7.39. The van der Waals surface area contributed by atoms with Crippen molar-refractivity contribution in [3.05, 3.63) is 12.2 Å². The van der Waals surface area contributed by atoms with Gasteiger partial charge in [0.15, 0.2) is 0 Å². The van der Waals surface area contributed by atoms with Crippen molar-refractivity contribution in [3.63, 3.8) is 0 Å². The first-order valence-corrected chi connectivity index (χ1v) is 4.45. The van der Waals surface area contributed by atoms with E-state index in [2.05, 4.69) is 20.4 Å². The van der Waals surface area contributed by atoms with E-state index in [9.17, 15) is 0 Å². The predicted molar refractivity (Wildman–Crippen MR) is 45.4 cm³/mol. The number of hydrogen-bond acceptors (Lipinski definition) is 1. The fourth-order valence-electron chi connectivity index (χ4n) is 2.09. The van der Waals surface area contributed by atoms with Crippen LogP contribution in [-0.2, 0) is 4.74 Å². The summed E-state index contributed by atoms with van der Waals surface area (Å²) in [7, 11) is 0. The van der Waals surface area contributed by atoms with Gasteiger partial charge >= 0.3 is 0 Å². The molecule has 0 unspecified atom stereocenters. The summed E-state index contributed by atoms with van der Waals surface area (Å²) in [5.41, 5.74) is 1.61. The molecule has 2 rings (SSSR count). The second-order valence-electron chi connectivity index (χ2n) is 4.24. The standard InChI is InChI=1S/C10H16O/c1-7(2)8-4-5-10(3)9(6-8)11-10/h8-9H,1,4-6H2,2-3H3/t8-,9+,10+/m0/s1. The van der Waals surface area contributed by atoms with Gasteiger partial charge in [-0.1, -0.05) is 12.2 Å². The Labute approximate surface area is 68.4 Å². The third-order valence-corrected chi connectivity index (χ3v) is 3.22. The first kappa shape index (κ1) is 7.35. The molecule has 1 saturated heterocycles. The van der Waals surface area contributed by atoms with Crippen LogP contribution in [0, 0.1) is 5.92 Å². The molecule has 1 saturated carbocycles. The van der Waals surface area contributed by atoms with Crippen molar-refractivity contribution in [2.75, 3.05) is 0 Å². The molecular formula is C10H16O. The van der Waals surface area contributed by atoms with E-state index >= 15 is 0 Å². The van der Waals surface area contributed by atoms with Crippen molar-refractivity contribution >= 4 is 0 Å². The highest BCUT2D eigenvalue weighted by atomic mass is 16.6. The molecule has 0 amide bonds. The minimum atomic E-state index is 0.270. The average Bonchev–Trinajstić information content (AvgIpc) is 2.58. The summed E-state index contributed by atoms with van der Waals surface area (Å²) in [6.07, 6.45) is 4.28. The second-order valence-corrected chi connectivity index (χ2v) is 4.24. The van der Waals surface area contributed by atoms with Crippen molar-refractivity contribution in [2.24, 2.45) is 5.92 Å². The maximum atomic E-state index is 5.60. The molecule has 0 aromatic heterocycles. The number of hydrogen-bond donors (Lipinski definition) is 0. The molecule has 1 aliphatic carbocycles. The van der Waals surface area contributed by atoms with Crippen LogP contribution in [0.4, 0.5) is 0 Å². The van der Waals surface area contributed by atoms with Gasteiger partial charge in [0.1, 0.15) is 0 Å². The normalized spacial score (nSPS) is 48.2. The lowest BCUT2D eigenvalue weighted by Crippen LogP contribution is -2.21. The van der Waals surface area contributed by atoms with Gasteiger partial charge in [-0.15, -0.1) is 0 Å². The number of allylic oxidation sites excluding steroid dienone is 1. The van der Waals surface area contributed by atoms with E-state index in [1.807, 2.05) is 0 Å². The van der Waals surface area contributed by atoms with Gasteiger partial charge in [-0.05, 0) is 39.0 Å². The Morgan fingerprint density at radius 3 is 2.91 bits per heavy atom. The fourth-order valence-corrected chi connectivity index (χ4v) is 2.09. The zero-order chi connectivity index (χ0) is 8.06. The van der Waals surface area contributed by atoms with Gasteiger partial charge < -0.3 is 4.74 Å². The van der Waals surface area contributed by atoms with Crippen LogP contribution in [0.1, 0.15) is 33.1 Å². The van der Waals surface area contributed by atoms with E-state index in [1.165, 1.54) is 24.8 Å². The second kappa shape index (κ2) is 2.10. The third-order valence-electron chi connectivity index (χ3n) is 3.22. The van der Waals surface area contributed by atoms with Gasteiger partial charge in [-0.3, -0.25) is 0 Å². The highest BCUT2D eigenvalue weighted by Gasteiger charge is 2.55. The molecule has 1 nitrogen and oxygen atoms in total. The van der Waals surface area contributed by atoms with Gasteiger partial charge in [-0.2, -0.15) is 0 Å². The minimum absolute atomic E-state index is 0.270. The van der Waals surface area contributed by atoms with E-state index < -0.39 is 0 Å². The molecule has 0 radical (unpaired) electrons. The van der Waals surface area contributed by atoms with Crippen molar-refractivity contribution in [3.8, 4) is 0 Å². The quantitative estimate of drug-likeness (QED) is 0.415. The molecule has 0 aromatic carbocycles. The number of fused-ring (bicyclic) bond motifs is 1. The van der Waals surface area contributed by atoms with Crippen molar-refractivity contribution < 1.29 is 4.74 Å². The molecule has 1 aliphatic heterocycles. The minimum Gasteiger partial charge on any atom is -0.366 e. The van der Waals surface area contributed by atoms with Crippen molar-refractivity contribution in [2.45, 2.75) is 44.8 Å². The van der Waals surface area contributed by atoms with E-state index in [1.54, 1.807) is 0 Å². The molecule has 1 heterocycles. The van der Waals surface area contributed by atoms with Gasteiger partial charge in [-0.25, -0.2) is 0 Å². The molecule has 1 heteroatoms. The number of ether oxygens (including phenoxy) is 1. The maximum Gasteiger partial charge on any atom is 0.0920 e. The Bertz CT molecular complexity index is 197. The summed E-state index contributed by atoms with van der Waals surface area (Å²) >= 11 is 0. The first-order valence-electron chi connectivity index (χ1n) is 4.45. The summed E-state index contributed by atoms with van der Waals surface area (Å²) in [6.45, 7) is 8.36. The van der Waals surface area contributed by atoms with Crippen LogP contribution in [0.3, 0.4) is 0 Å². The van der Waals surface area contributed by atoms with Crippen LogP contribution >= 0.6 is 0 Å². The number of rotatable bonds is 1. The van der Waals surface area contributed by atoms with Gasteiger partial charge in [0.05, 0.1) is 11.7 Å². The molecular weight excluding hydrogens is 136 g/mol. The monoisotopic (exact) mass is 152 g/mol. The molecule has 62 valence electrons. The lowest BCUT2D eigenvalue weighted by atomic mass is 9.80. The van der Waals surface area contributed by atoms with E-state index in [-0.39, 0.29) is 5.60 Å². The summed E-state index contributed by atoms with van der Waals surface area (Å²) in [4.78, 5) is 0. The maximum absolute atomic E-state index is 5.60. The molecule has 3 atom stereocenters. The summed E-state index contributed by atoms with van der Waals surface area (Å²) in [5, 5.41) is 0. The Morgan fingerprint density at radius 1 is 1.64 bits per heavy atom. The highest BCUT2D eigenvalue weighted by Crippen LogP contribution is 2.50. The van der Waals surface area contributed by atoms with E-state index in [4.69, 9.17) is 4.74 Å². The molecule has 2 fully saturated rings. The van der Waals surface area contributed by atoms with E-state index in [0.717, 1.165) is 5.92 Å². The third kappa shape index (κ3) is 1.12. The highest BCUT2D eigenvalue weighted by molar-refractivity contribution is 5.10. The molecule has 2 aliphatic rings. The largest absolute Gasteiger partial charge is 0.366 e. The van der Waals surface area contributed by atoms with Crippen LogP contribution in [0.25, 0.3) is 0 Å². The summed E-state index contributed by atoms with van der Waals surface area (Å²) in [6, 6.07) is 0. The Kier molecular flexibility index (Phi) is 1.40. The van der Waals surface area contributed by atoms with Crippen molar-refractivity contribution in [1.82, 2.24) is 0 Å². The summed E-state index contributed by atoms with van der Waals surface area (Å²) < 4.78 is 5.60. The zero-order valence-corrected chi connectivity index (χ0v) is 7.39. The van der Waals surface area contributed by atoms with Gasteiger partial charge in [0.25, 0.3) is 0 Å². The summed E-state index contributed by atoms with van der Waals surface area (Å²) in [5.74, 6) is 0.732. The molecule has 0 aromatic rings. The lowest BCUT2D eigenvalue weighted by Gasteiger charge is -2.22. The Hall–Kier alpha value is -0.300. The Balaban J connectivity index is 1.98. The first-order chi connectivity index (χ1) is 5.12. The van der Waals surface area contributed by atoms with Crippen LogP contribution < -0.4 is 0 Å². The average molecular weight is 152 g/mol. The molecule has 0 bridgehead atoms. The van der Waals surface area contributed by atoms with Crippen molar-refractivity contribution in [1.29, 1.82) is 0 Å². The number of epoxide rings is 1.